The van der Waals surface area contributed by atoms with Crippen molar-refractivity contribution in [1.29, 1.82) is 0 Å². The van der Waals surface area contributed by atoms with Gasteiger partial charge in [0.05, 0.1) is 21.1 Å². The number of quaternary nitrogens is 1. The molecule has 1 rings (SSSR count). The predicted octanol–water partition coefficient (Wildman–Crippen LogP) is 1.18. The van der Waals surface area contributed by atoms with Gasteiger partial charge in [-0.3, -0.25) is 0 Å². The largest absolute Gasteiger partial charge is 0.322 e. The molecular weight excluding hydrogens is 289 g/mol. The van der Waals surface area contributed by atoms with E-state index in [4.69, 9.17) is 0 Å². The summed E-state index contributed by atoms with van der Waals surface area (Å²) >= 11 is 0. The predicted molar refractivity (Wildman–Crippen MR) is 40.1 cm³/mol. The van der Waals surface area contributed by atoms with E-state index in [2.05, 4.69) is 45.4 Å². The number of hydrogen-bond acceptors (Lipinski definition) is 0. The third-order valence-corrected chi connectivity index (χ3v) is 1.62. The second-order valence-electron chi connectivity index (χ2n) is 3.38. The van der Waals surface area contributed by atoms with Gasteiger partial charge in [0.15, 0.2) is 0 Å². The zero-order chi connectivity index (χ0) is 6.91. The van der Waals surface area contributed by atoms with Crippen LogP contribution in [0.5, 0.6) is 0 Å². The molecule has 0 N–H and O–H groups in total. The number of nitrogens with zero attached hydrogens (tertiary/aromatic N) is 1. The van der Waals surface area contributed by atoms with Gasteiger partial charge in [-0.2, -0.15) is 0 Å². The maximum atomic E-state index is 2.22. The molecule has 0 atom stereocenters. The maximum absolute atomic E-state index is 2.22. The minimum absolute atomic E-state index is 0. The molecule has 0 radical (unpaired) electrons. The summed E-state index contributed by atoms with van der Waals surface area (Å²) in [5.74, 6) is 0. The molecule has 0 aromatic heterocycles. The summed E-state index contributed by atoms with van der Waals surface area (Å²) in [4.78, 5) is 0. The van der Waals surface area contributed by atoms with E-state index in [1.807, 2.05) is 0 Å². The first-order valence-corrected chi connectivity index (χ1v) is 3.27. The smallest absolute Gasteiger partial charge is 0.126 e. The van der Waals surface area contributed by atoms with E-state index in [1.165, 1.54) is 0 Å². The van der Waals surface area contributed by atoms with Gasteiger partial charge < -0.3 is 4.48 Å². The molecule has 10 heavy (non-hydrogen) atoms. The molecule has 1 aliphatic carbocycles. The summed E-state index contributed by atoms with van der Waals surface area (Å²) in [5.41, 5.74) is 0. The van der Waals surface area contributed by atoms with E-state index in [1.54, 1.807) is 0 Å². The van der Waals surface area contributed by atoms with Crippen LogP contribution < -0.4 is 0 Å². The van der Waals surface area contributed by atoms with Crippen LogP contribution in [-0.2, 0) is 25.8 Å². The molecule has 0 bridgehead atoms. The van der Waals surface area contributed by atoms with Crippen molar-refractivity contribution >= 4 is 0 Å². The first kappa shape index (κ1) is 10.3. The third kappa shape index (κ3) is 2.51. The topological polar surface area (TPSA) is 0 Å². The van der Waals surface area contributed by atoms with Gasteiger partial charge in [0.2, 0.25) is 0 Å². The van der Waals surface area contributed by atoms with Gasteiger partial charge in [-0.15, -0.1) is 0 Å². The van der Waals surface area contributed by atoms with Crippen molar-refractivity contribution in [2.24, 2.45) is 0 Å². The molecule has 0 saturated carbocycles. The molecule has 0 unspecified atom stereocenters. The SMILES string of the molecule is C[N+](C)(C)C1C=CC=C1.[Hf]. The van der Waals surface area contributed by atoms with Crippen LogP contribution in [-0.4, -0.2) is 31.7 Å². The van der Waals surface area contributed by atoms with Gasteiger partial charge in [0.1, 0.15) is 6.04 Å². The van der Waals surface area contributed by atoms with E-state index in [-0.39, 0.29) is 25.8 Å². The number of likely N-dealkylation sites (N-methyl/N-ethyl adjacent to an activating group) is 1. The Morgan fingerprint density at radius 3 is 1.60 bits per heavy atom. The van der Waals surface area contributed by atoms with Crippen LogP contribution in [0.1, 0.15) is 0 Å². The second kappa shape index (κ2) is 3.63. The average molecular weight is 303 g/mol. The molecule has 0 fully saturated rings. The molecule has 0 spiro atoms. The summed E-state index contributed by atoms with van der Waals surface area (Å²) in [6, 6.07) is 0.588. The minimum atomic E-state index is 0. The van der Waals surface area contributed by atoms with Crippen molar-refractivity contribution in [3.8, 4) is 0 Å². The summed E-state index contributed by atoms with van der Waals surface area (Å²) in [5, 5.41) is 0. The molecule has 0 aliphatic heterocycles. The fraction of sp³-hybridized carbons (Fsp3) is 0.500. The quantitative estimate of drug-likeness (QED) is 0.504. The van der Waals surface area contributed by atoms with Crippen molar-refractivity contribution < 1.29 is 30.3 Å². The Balaban J connectivity index is 0.000000810. The van der Waals surface area contributed by atoms with Gasteiger partial charge >= 0.3 is 0 Å². The van der Waals surface area contributed by atoms with E-state index >= 15 is 0 Å². The summed E-state index contributed by atoms with van der Waals surface area (Å²) in [6.45, 7) is 0. The molecule has 0 saturated heterocycles. The summed E-state index contributed by atoms with van der Waals surface area (Å²) in [6.07, 6.45) is 8.66. The van der Waals surface area contributed by atoms with Crippen molar-refractivity contribution in [3.05, 3.63) is 24.3 Å². The normalized spacial score (nSPS) is 17.5. The van der Waals surface area contributed by atoms with E-state index < -0.39 is 0 Å². The van der Waals surface area contributed by atoms with Crippen LogP contribution in [0.25, 0.3) is 0 Å². The van der Waals surface area contributed by atoms with E-state index in [0.29, 0.717) is 6.04 Å². The van der Waals surface area contributed by atoms with E-state index in [9.17, 15) is 0 Å². The zero-order valence-corrected chi connectivity index (χ0v) is 10.4. The Morgan fingerprint density at radius 1 is 1.00 bits per heavy atom. The fourth-order valence-electron chi connectivity index (χ4n) is 0.937. The van der Waals surface area contributed by atoms with Crippen molar-refractivity contribution in [2.75, 3.05) is 21.1 Å². The molecule has 0 amide bonds. The van der Waals surface area contributed by atoms with Gasteiger partial charge in [-0.05, 0) is 12.2 Å². The minimum Gasteiger partial charge on any atom is -0.322 e. The van der Waals surface area contributed by atoms with Gasteiger partial charge in [-0.25, -0.2) is 0 Å². The standard InChI is InChI=1S/C8H14N.Hf/c1-9(2,3)8-6-4-5-7-8;/h4-8H,1-3H3;/q+1;. The summed E-state index contributed by atoms with van der Waals surface area (Å²) in [7, 11) is 6.60. The monoisotopic (exact) mass is 304 g/mol. The van der Waals surface area contributed by atoms with E-state index in [0.717, 1.165) is 4.48 Å². The van der Waals surface area contributed by atoms with Crippen molar-refractivity contribution in [3.63, 3.8) is 0 Å². The van der Waals surface area contributed by atoms with Gasteiger partial charge in [0, 0.05) is 25.8 Å². The van der Waals surface area contributed by atoms with Gasteiger partial charge in [-0.1, -0.05) is 12.2 Å². The Bertz CT molecular complexity index is 141. The maximum Gasteiger partial charge on any atom is 0.126 e. The molecule has 1 aliphatic rings. The Labute approximate surface area is 81.8 Å². The zero-order valence-electron chi connectivity index (χ0n) is 6.83. The van der Waals surface area contributed by atoms with Crippen LogP contribution >= 0.6 is 0 Å². The molecule has 1 nitrogen and oxygen atoms in total. The number of hydrogen-bond donors (Lipinski definition) is 0. The Morgan fingerprint density at radius 2 is 1.40 bits per heavy atom. The average Bonchev–Trinajstić information content (AvgIpc) is 2.08. The van der Waals surface area contributed by atoms with Crippen LogP contribution in [0.2, 0.25) is 0 Å². The molecule has 0 heterocycles. The van der Waals surface area contributed by atoms with Crippen LogP contribution in [0.15, 0.2) is 24.3 Å². The summed E-state index contributed by atoms with van der Waals surface area (Å²) < 4.78 is 0.993. The Hall–Kier alpha value is 0.310. The van der Waals surface area contributed by atoms with Gasteiger partial charge in [0.25, 0.3) is 0 Å². The molecular formula is C8H14HfN+. The fourth-order valence-corrected chi connectivity index (χ4v) is 0.937. The molecule has 2 heteroatoms. The van der Waals surface area contributed by atoms with Crippen molar-refractivity contribution in [1.82, 2.24) is 0 Å². The van der Waals surface area contributed by atoms with Crippen LogP contribution in [0.4, 0.5) is 0 Å². The number of allylic oxidation sites excluding steroid dienone is 2. The van der Waals surface area contributed by atoms with Crippen LogP contribution in [0.3, 0.4) is 0 Å². The second-order valence-corrected chi connectivity index (χ2v) is 3.38. The first-order chi connectivity index (χ1) is 4.11. The number of rotatable bonds is 1. The van der Waals surface area contributed by atoms with Crippen LogP contribution in [0, 0.1) is 0 Å². The van der Waals surface area contributed by atoms with Crippen molar-refractivity contribution in [2.45, 2.75) is 6.04 Å². The molecule has 0 aromatic rings. The third-order valence-electron chi connectivity index (χ3n) is 1.62. The Kier molecular flexibility index (Phi) is 3.74. The molecule has 54 valence electrons. The first-order valence-electron chi connectivity index (χ1n) is 3.27. The molecule has 0 aromatic carbocycles.